The molecule has 0 aliphatic carbocycles. The fourth-order valence-electron chi connectivity index (χ4n) is 1.75. The van der Waals surface area contributed by atoms with E-state index < -0.39 is 16.0 Å². The van der Waals surface area contributed by atoms with E-state index in [1.807, 2.05) is 0 Å². The Bertz CT molecular complexity index is 730. The van der Waals surface area contributed by atoms with Gasteiger partial charge in [0.05, 0.1) is 22.5 Å². The molecule has 11 nitrogen and oxygen atoms in total. The minimum absolute atomic E-state index is 0.158. The SMILES string of the molecule is Cc1nonc1O[C@@H](C)CNc1ccc([N+](=O)[O-])cc1[N+](=O)[O-]. The van der Waals surface area contributed by atoms with Gasteiger partial charge in [-0.05, 0) is 25.1 Å². The highest BCUT2D eigenvalue weighted by Gasteiger charge is 2.20. The summed E-state index contributed by atoms with van der Waals surface area (Å²) in [6.07, 6.45) is -0.393. The van der Waals surface area contributed by atoms with Gasteiger partial charge in [-0.25, -0.2) is 4.63 Å². The van der Waals surface area contributed by atoms with E-state index in [1.54, 1.807) is 13.8 Å². The molecule has 0 saturated heterocycles. The second-order valence-electron chi connectivity index (χ2n) is 4.68. The average Bonchev–Trinajstić information content (AvgIpc) is 2.90. The van der Waals surface area contributed by atoms with E-state index in [9.17, 15) is 20.2 Å². The lowest BCUT2D eigenvalue weighted by molar-refractivity contribution is -0.393. The number of nitro benzene ring substituents is 2. The van der Waals surface area contributed by atoms with Crippen molar-refractivity contribution in [2.75, 3.05) is 11.9 Å². The monoisotopic (exact) mass is 323 g/mol. The van der Waals surface area contributed by atoms with Crippen LogP contribution >= 0.6 is 0 Å². The van der Waals surface area contributed by atoms with Crippen molar-refractivity contribution in [2.24, 2.45) is 0 Å². The zero-order chi connectivity index (χ0) is 17.0. The maximum Gasteiger partial charge on any atom is 0.299 e. The second-order valence-corrected chi connectivity index (χ2v) is 4.68. The Morgan fingerprint density at radius 1 is 1.30 bits per heavy atom. The topological polar surface area (TPSA) is 146 Å². The van der Waals surface area contributed by atoms with E-state index >= 15 is 0 Å². The van der Waals surface area contributed by atoms with Crippen LogP contribution in [0.4, 0.5) is 17.1 Å². The van der Waals surface area contributed by atoms with Gasteiger partial charge in [-0.1, -0.05) is 5.16 Å². The summed E-state index contributed by atoms with van der Waals surface area (Å²) in [5.74, 6) is 0.234. The largest absolute Gasteiger partial charge is 0.469 e. The van der Waals surface area contributed by atoms with Gasteiger partial charge in [0.1, 0.15) is 17.5 Å². The molecule has 0 spiro atoms. The van der Waals surface area contributed by atoms with E-state index in [0.29, 0.717) is 5.69 Å². The number of nitrogens with one attached hydrogen (secondary N) is 1. The fourth-order valence-corrected chi connectivity index (χ4v) is 1.75. The van der Waals surface area contributed by atoms with Crippen LogP contribution in [0, 0.1) is 27.2 Å². The molecule has 2 rings (SSSR count). The quantitative estimate of drug-likeness (QED) is 0.597. The predicted molar refractivity (Wildman–Crippen MR) is 77.4 cm³/mol. The lowest BCUT2D eigenvalue weighted by atomic mass is 10.2. The van der Waals surface area contributed by atoms with Crippen LogP contribution in [-0.2, 0) is 0 Å². The molecular weight excluding hydrogens is 310 g/mol. The van der Waals surface area contributed by atoms with Crippen molar-refractivity contribution >= 4 is 17.1 Å². The first-order valence-corrected chi connectivity index (χ1v) is 6.51. The molecule has 122 valence electrons. The van der Waals surface area contributed by atoms with Crippen molar-refractivity contribution in [3.05, 3.63) is 44.1 Å². The van der Waals surface area contributed by atoms with Gasteiger partial charge in [0, 0.05) is 6.07 Å². The molecule has 23 heavy (non-hydrogen) atoms. The molecule has 1 atom stereocenters. The van der Waals surface area contributed by atoms with Gasteiger partial charge in [-0.2, -0.15) is 0 Å². The zero-order valence-corrected chi connectivity index (χ0v) is 12.3. The van der Waals surface area contributed by atoms with E-state index in [-0.39, 0.29) is 29.5 Å². The molecule has 0 bridgehead atoms. The van der Waals surface area contributed by atoms with Crippen LogP contribution in [0.25, 0.3) is 0 Å². The molecule has 0 fully saturated rings. The minimum atomic E-state index is -0.692. The minimum Gasteiger partial charge on any atom is -0.469 e. The zero-order valence-electron chi connectivity index (χ0n) is 12.3. The Morgan fingerprint density at radius 2 is 2.04 bits per heavy atom. The number of aromatic nitrogens is 2. The Labute approximate surface area is 129 Å². The predicted octanol–water partition coefficient (Wildman–Crippen LogP) is 2.07. The normalized spacial score (nSPS) is 11.7. The van der Waals surface area contributed by atoms with Gasteiger partial charge in [0.2, 0.25) is 0 Å². The van der Waals surface area contributed by atoms with Crippen molar-refractivity contribution in [1.82, 2.24) is 10.3 Å². The molecule has 0 unspecified atom stereocenters. The Morgan fingerprint density at radius 3 is 2.61 bits per heavy atom. The summed E-state index contributed by atoms with van der Waals surface area (Å²) in [5, 5.41) is 31.7. The van der Waals surface area contributed by atoms with Gasteiger partial charge >= 0.3 is 0 Å². The maximum absolute atomic E-state index is 11.0. The van der Waals surface area contributed by atoms with Crippen molar-refractivity contribution in [1.29, 1.82) is 0 Å². The smallest absolute Gasteiger partial charge is 0.299 e. The number of anilines is 1. The highest BCUT2D eigenvalue weighted by molar-refractivity contribution is 5.65. The first-order chi connectivity index (χ1) is 10.9. The summed E-state index contributed by atoms with van der Waals surface area (Å²) in [6.45, 7) is 3.59. The molecule has 1 N–H and O–H groups in total. The third kappa shape index (κ3) is 3.90. The summed E-state index contributed by atoms with van der Waals surface area (Å²) in [7, 11) is 0. The van der Waals surface area contributed by atoms with Crippen LogP contribution in [0.3, 0.4) is 0 Å². The number of hydrogen-bond donors (Lipinski definition) is 1. The van der Waals surface area contributed by atoms with Crippen LogP contribution in [0.5, 0.6) is 5.88 Å². The highest BCUT2D eigenvalue weighted by atomic mass is 16.6. The number of benzene rings is 1. The Kier molecular flexibility index (Phi) is 4.69. The van der Waals surface area contributed by atoms with E-state index in [4.69, 9.17) is 4.74 Å². The molecule has 1 aromatic carbocycles. The first-order valence-electron chi connectivity index (χ1n) is 6.51. The molecule has 1 aromatic heterocycles. The van der Waals surface area contributed by atoms with E-state index in [1.165, 1.54) is 12.1 Å². The van der Waals surface area contributed by atoms with Crippen molar-refractivity contribution < 1.29 is 19.2 Å². The lowest BCUT2D eigenvalue weighted by Crippen LogP contribution is -2.23. The summed E-state index contributed by atoms with van der Waals surface area (Å²) >= 11 is 0. The Balaban J connectivity index is 2.06. The summed E-state index contributed by atoms with van der Waals surface area (Å²) in [4.78, 5) is 20.3. The molecular formula is C12H13N5O6. The van der Waals surface area contributed by atoms with Gasteiger partial charge in [0.15, 0.2) is 0 Å². The van der Waals surface area contributed by atoms with Crippen LogP contribution in [0.1, 0.15) is 12.6 Å². The second kappa shape index (κ2) is 6.68. The third-order valence-corrected chi connectivity index (χ3v) is 2.89. The van der Waals surface area contributed by atoms with Crippen LogP contribution in [-0.4, -0.2) is 32.8 Å². The van der Waals surface area contributed by atoms with Crippen molar-refractivity contribution in [2.45, 2.75) is 20.0 Å². The summed E-state index contributed by atoms with van der Waals surface area (Å²) in [6, 6.07) is 3.37. The van der Waals surface area contributed by atoms with Gasteiger partial charge < -0.3 is 10.1 Å². The molecule has 0 amide bonds. The standard InChI is InChI=1S/C12H13N5O6/c1-7(22-12-8(2)14-23-15-12)6-13-10-4-3-9(16(18)19)5-11(10)17(20)21/h3-5,7,13H,6H2,1-2H3/t7-/m0/s1. The number of non-ortho nitro benzene ring substituents is 1. The van der Waals surface area contributed by atoms with Gasteiger partial charge in [0.25, 0.3) is 17.3 Å². The molecule has 2 aromatic rings. The van der Waals surface area contributed by atoms with Gasteiger partial charge in [-0.3, -0.25) is 20.2 Å². The fraction of sp³-hybridized carbons (Fsp3) is 0.333. The number of rotatable bonds is 7. The summed E-state index contributed by atoms with van der Waals surface area (Å²) in [5.41, 5.74) is -0.0919. The molecule has 0 radical (unpaired) electrons. The number of nitrogens with zero attached hydrogens (tertiary/aromatic N) is 4. The number of nitro groups is 2. The van der Waals surface area contributed by atoms with E-state index in [2.05, 4.69) is 20.3 Å². The molecule has 0 aliphatic heterocycles. The van der Waals surface area contributed by atoms with Crippen LogP contribution in [0.2, 0.25) is 0 Å². The molecule has 11 heteroatoms. The highest BCUT2D eigenvalue weighted by Crippen LogP contribution is 2.29. The van der Waals surface area contributed by atoms with Crippen molar-refractivity contribution in [3.63, 3.8) is 0 Å². The third-order valence-electron chi connectivity index (χ3n) is 2.89. The molecule has 0 aliphatic rings. The average molecular weight is 323 g/mol. The van der Waals surface area contributed by atoms with Crippen molar-refractivity contribution in [3.8, 4) is 5.88 Å². The van der Waals surface area contributed by atoms with Crippen LogP contribution in [0.15, 0.2) is 22.8 Å². The van der Waals surface area contributed by atoms with E-state index in [0.717, 1.165) is 6.07 Å². The van der Waals surface area contributed by atoms with Gasteiger partial charge in [-0.15, -0.1) is 0 Å². The maximum atomic E-state index is 11.0. The molecule has 1 heterocycles. The first kappa shape index (κ1) is 16.1. The molecule has 0 saturated carbocycles. The lowest BCUT2D eigenvalue weighted by Gasteiger charge is -2.14. The summed E-state index contributed by atoms with van der Waals surface area (Å²) < 4.78 is 9.96. The van der Waals surface area contributed by atoms with Crippen LogP contribution < -0.4 is 10.1 Å². The number of aryl methyl sites for hydroxylation is 1. The number of hydrogen-bond acceptors (Lipinski definition) is 9. The Hall–Kier alpha value is -3.24. The number of ether oxygens (including phenoxy) is 1.